The van der Waals surface area contributed by atoms with Crippen molar-refractivity contribution in [2.45, 2.75) is 18.4 Å². The molecule has 0 radical (unpaired) electrons. The third-order valence-corrected chi connectivity index (χ3v) is 3.27. The molecular weight excluding hydrogens is 236 g/mol. The van der Waals surface area contributed by atoms with E-state index < -0.39 is 11.5 Å². The number of H-pyrrole nitrogens is 1. The lowest BCUT2D eigenvalue weighted by atomic mass is 9.96. The van der Waals surface area contributed by atoms with E-state index in [0.29, 0.717) is 18.4 Å². The van der Waals surface area contributed by atoms with Gasteiger partial charge in [0.1, 0.15) is 5.54 Å². The Morgan fingerprint density at radius 2 is 2.46 bits per heavy atom. The molecule has 1 aliphatic carbocycles. The van der Waals surface area contributed by atoms with E-state index in [0.717, 1.165) is 10.2 Å². The van der Waals surface area contributed by atoms with Gasteiger partial charge in [0.2, 0.25) is 0 Å². The number of nitrogens with two attached hydrogens (primary N) is 1. The minimum atomic E-state index is -1.20. The number of hydrogen-bond acceptors (Lipinski definition) is 2. The van der Waals surface area contributed by atoms with E-state index in [2.05, 4.69) is 20.9 Å². The van der Waals surface area contributed by atoms with Gasteiger partial charge in [-0.2, -0.15) is 0 Å². The van der Waals surface area contributed by atoms with E-state index in [1.165, 1.54) is 0 Å². The minimum Gasteiger partial charge on any atom is -0.480 e. The molecule has 1 aromatic heterocycles. The van der Waals surface area contributed by atoms with E-state index in [1.807, 2.05) is 0 Å². The van der Waals surface area contributed by atoms with Crippen molar-refractivity contribution in [2.75, 3.05) is 0 Å². The van der Waals surface area contributed by atoms with Crippen LogP contribution >= 0.6 is 15.9 Å². The van der Waals surface area contributed by atoms with Crippen molar-refractivity contribution in [1.29, 1.82) is 0 Å². The first-order valence-electron chi connectivity index (χ1n) is 3.94. The Bertz CT molecular complexity index is 374. The normalized spacial score (nSPS) is 26.0. The first kappa shape index (κ1) is 8.77. The molecule has 1 unspecified atom stereocenters. The largest absolute Gasteiger partial charge is 0.480 e. The van der Waals surface area contributed by atoms with Crippen molar-refractivity contribution >= 4 is 21.9 Å². The zero-order valence-corrected chi connectivity index (χ0v) is 8.39. The number of halogens is 1. The fourth-order valence-electron chi connectivity index (χ4n) is 1.75. The predicted molar refractivity (Wildman–Crippen MR) is 50.3 cm³/mol. The van der Waals surface area contributed by atoms with Crippen LogP contribution in [0.25, 0.3) is 0 Å². The molecule has 1 atom stereocenters. The summed E-state index contributed by atoms with van der Waals surface area (Å²) < 4.78 is 0.844. The summed E-state index contributed by atoms with van der Waals surface area (Å²) in [5.41, 5.74) is 6.28. The van der Waals surface area contributed by atoms with Crippen molar-refractivity contribution in [3.63, 3.8) is 0 Å². The average molecular weight is 245 g/mol. The molecule has 4 nitrogen and oxygen atoms in total. The van der Waals surface area contributed by atoms with Crippen LogP contribution in [0.1, 0.15) is 17.5 Å². The summed E-state index contributed by atoms with van der Waals surface area (Å²) in [5.74, 6) is -0.960. The van der Waals surface area contributed by atoms with Gasteiger partial charge in [-0.05, 0) is 34.3 Å². The van der Waals surface area contributed by atoms with Crippen molar-refractivity contribution in [1.82, 2.24) is 4.98 Å². The maximum atomic E-state index is 10.9. The molecule has 0 saturated carbocycles. The Morgan fingerprint density at radius 1 is 1.77 bits per heavy atom. The third-order valence-electron chi connectivity index (χ3n) is 2.56. The van der Waals surface area contributed by atoms with E-state index in [-0.39, 0.29) is 0 Å². The van der Waals surface area contributed by atoms with Gasteiger partial charge < -0.3 is 15.8 Å². The number of carbonyl (C=O) groups is 1. The molecule has 1 heterocycles. The average Bonchev–Trinajstić information content (AvgIpc) is 2.57. The maximum Gasteiger partial charge on any atom is 0.328 e. The third kappa shape index (κ3) is 1.04. The highest BCUT2D eigenvalue weighted by molar-refractivity contribution is 9.10. The van der Waals surface area contributed by atoms with Crippen molar-refractivity contribution in [3.8, 4) is 0 Å². The summed E-state index contributed by atoms with van der Waals surface area (Å²) >= 11 is 3.31. The summed E-state index contributed by atoms with van der Waals surface area (Å²) in [4.78, 5) is 13.9. The van der Waals surface area contributed by atoms with Crippen molar-refractivity contribution < 1.29 is 9.90 Å². The first-order valence-corrected chi connectivity index (χ1v) is 4.73. The van der Waals surface area contributed by atoms with Crippen LogP contribution in [0.2, 0.25) is 0 Å². The van der Waals surface area contributed by atoms with Gasteiger partial charge in [-0.1, -0.05) is 0 Å². The Balaban J connectivity index is 2.55. The van der Waals surface area contributed by atoms with Gasteiger partial charge in [-0.3, -0.25) is 0 Å². The number of nitrogens with one attached hydrogen (secondary N) is 1. The predicted octanol–water partition coefficient (Wildman–Crippen LogP) is 0.962. The Morgan fingerprint density at radius 3 is 3.08 bits per heavy atom. The fraction of sp³-hybridized carbons (Fsp3) is 0.375. The number of carboxylic acids is 1. The molecule has 0 spiro atoms. The second-order valence-corrected chi connectivity index (χ2v) is 4.06. The highest BCUT2D eigenvalue weighted by Gasteiger charge is 2.43. The summed E-state index contributed by atoms with van der Waals surface area (Å²) in [7, 11) is 0. The van der Waals surface area contributed by atoms with Gasteiger partial charge in [-0.15, -0.1) is 0 Å². The van der Waals surface area contributed by atoms with Gasteiger partial charge in [-0.25, -0.2) is 4.79 Å². The molecule has 0 aliphatic heterocycles. The van der Waals surface area contributed by atoms with Crippen LogP contribution in [-0.4, -0.2) is 16.1 Å². The van der Waals surface area contributed by atoms with Crippen LogP contribution in [-0.2, 0) is 16.8 Å². The standard InChI is InChI=1S/C8H9BrN2O2/c9-6-4-1-2-8(10,7(12)13)5(4)3-11-6/h3,11H,1-2,10H2,(H,12,13). The molecule has 1 aromatic rings. The molecule has 0 fully saturated rings. The number of hydrogen-bond donors (Lipinski definition) is 3. The van der Waals surface area contributed by atoms with Crippen LogP contribution in [0.15, 0.2) is 10.8 Å². The second-order valence-electron chi connectivity index (χ2n) is 3.27. The molecule has 5 heteroatoms. The van der Waals surface area contributed by atoms with E-state index >= 15 is 0 Å². The summed E-state index contributed by atoms with van der Waals surface area (Å²) in [5, 5.41) is 8.97. The molecule has 2 rings (SSSR count). The molecule has 0 aromatic carbocycles. The van der Waals surface area contributed by atoms with Gasteiger partial charge in [0.15, 0.2) is 0 Å². The Labute approximate surface area is 83.3 Å². The Hall–Kier alpha value is -0.810. The number of fused-ring (bicyclic) bond motifs is 1. The fourth-order valence-corrected chi connectivity index (χ4v) is 2.28. The monoisotopic (exact) mass is 244 g/mol. The topological polar surface area (TPSA) is 79.1 Å². The van der Waals surface area contributed by atoms with Crippen molar-refractivity contribution in [3.05, 3.63) is 21.9 Å². The summed E-state index contributed by atoms with van der Waals surface area (Å²) in [6.07, 6.45) is 2.85. The number of aliphatic carboxylic acids is 1. The summed E-state index contributed by atoms with van der Waals surface area (Å²) in [6, 6.07) is 0. The van der Waals surface area contributed by atoms with Gasteiger partial charge in [0.05, 0.1) is 4.60 Å². The SMILES string of the molecule is NC1(C(=O)O)CCc2c1c[nH]c2Br. The van der Waals surface area contributed by atoms with Crippen LogP contribution in [0.3, 0.4) is 0 Å². The van der Waals surface area contributed by atoms with Gasteiger partial charge in [0.25, 0.3) is 0 Å². The van der Waals surface area contributed by atoms with Crippen molar-refractivity contribution in [2.24, 2.45) is 5.73 Å². The molecule has 1 aliphatic rings. The quantitative estimate of drug-likeness (QED) is 0.689. The lowest BCUT2D eigenvalue weighted by Crippen LogP contribution is -2.42. The molecule has 0 amide bonds. The second kappa shape index (κ2) is 2.59. The molecule has 70 valence electrons. The molecule has 0 bridgehead atoms. The lowest BCUT2D eigenvalue weighted by Gasteiger charge is -2.17. The van der Waals surface area contributed by atoms with Crippen LogP contribution in [0.4, 0.5) is 0 Å². The highest BCUT2D eigenvalue weighted by Crippen LogP contribution is 2.38. The molecule has 13 heavy (non-hydrogen) atoms. The number of aromatic nitrogens is 1. The number of carboxylic acid groups (broad SMARTS) is 1. The molecule has 4 N–H and O–H groups in total. The van der Waals surface area contributed by atoms with Crippen LogP contribution in [0.5, 0.6) is 0 Å². The van der Waals surface area contributed by atoms with Gasteiger partial charge in [0, 0.05) is 11.8 Å². The highest BCUT2D eigenvalue weighted by atomic mass is 79.9. The number of rotatable bonds is 1. The van der Waals surface area contributed by atoms with Crippen LogP contribution < -0.4 is 5.73 Å². The van der Waals surface area contributed by atoms with Gasteiger partial charge >= 0.3 is 5.97 Å². The smallest absolute Gasteiger partial charge is 0.328 e. The zero-order valence-electron chi connectivity index (χ0n) is 6.80. The zero-order chi connectivity index (χ0) is 9.64. The maximum absolute atomic E-state index is 10.9. The lowest BCUT2D eigenvalue weighted by molar-refractivity contribution is -0.143. The van der Waals surface area contributed by atoms with E-state index in [9.17, 15) is 4.79 Å². The number of aromatic amines is 1. The van der Waals surface area contributed by atoms with E-state index in [1.54, 1.807) is 6.20 Å². The first-order chi connectivity index (χ1) is 6.05. The molecular formula is C8H9BrN2O2. The van der Waals surface area contributed by atoms with E-state index in [4.69, 9.17) is 10.8 Å². The molecule has 0 saturated heterocycles. The minimum absolute atomic E-state index is 0.473. The summed E-state index contributed by atoms with van der Waals surface area (Å²) in [6.45, 7) is 0. The van der Waals surface area contributed by atoms with Crippen LogP contribution in [0, 0.1) is 0 Å². The Kier molecular flexibility index (Phi) is 1.75.